The van der Waals surface area contributed by atoms with Gasteiger partial charge in [-0.1, -0.05) is 19.1 Å². The van der Waals surface area contributed by atoms with E-state index >= 15 is 0 Å². The van der Waals surface area contributed by atoms with E-state index in [0.29, 0.717) is 34.7 Å². The molecule has 2 aromatic carbocycles. The van der Waals surface area contributed by atoms with Crippen LogP contribution < -0.4 is 9.47 Å². The second kappa shape index (κ2) is 9.01. The van der Waals surface area contributed by atoms with Crippen LogP contribution >= 0.6 is 15.9 Å². The van der Waals surface area contributed by atoms with Crippen molar-refractivity contribution in [1.82, 2.24) is 0 Å². The van der Waals surface area contributed by atoms with Crippen LogP contribution in [0, 0.1) is 5.82 Å². The van der Waals surface area contributed by atoms with Gasteiger partial charge in [0.15, 0.2) is 17.2 Å². The van der Waals surface area contributed by atoms with Crippen molar-refractivity contribution >= 4 is 33.9 Å². The van der Waals surface area contributed by atoms with Crippen LogP contribution in [0.4, 0.5) is 4.39 Å². The van der Waals surface area contributed by atoms with Gasteiger partial charge >= 0.3 is 5.97 Å². The number of cyclic esters (lactones) is 1. The minimum atomic E-state index is -0.640. The summed E-state index contributed by atoms with van der Waals surface area (Å²) >= 11 is 3.48. The molecule has 0 fully saturated rings. The molecule has 7 heteroatoms. The zero-order valence-electron chi connectivity index (χ0n) is 15.5. The summed E-state index contributed by atoms with van der Waals surface area (Å²) in [6.45, 7) is 4.92. The standard InChI is InChI=1S/C21H19BrFNO4/c1-3-9-27-19-15(22)10-13(12-18(19)26-4-2)11-17-21(25)28-20(24-17)14-7-5-6-8-16(14)23/h5-8,10-12H,3-4,9H2,1-2H3/b17-11+. The van der Waals surface area contributed by atoms with E-state index in [-0.39, 0.29) is 17.2 Å². The smallest absolute Gasteiger partial charge is 0.363 e. The molecule has 0 amide bonds. The minimum Gasteiger partial charge on any atom is -0.490 e. The average Bonchev–Trinajstić information content (AvgIpc) is 3.02. The normalized spacial score (nSPS) is 14.8. The maximum Gasteiger partial charge on any atom is 0.363 e. The van der Waals surface area contributed by atoms with Crippen molar-refractivity contribution < 1.29 is 23.4 Å². The number of aliphatic imine (C=N–C) groups is 1. The lowest BCUT2D eigenvalue weighted by atomic mass is 10.1. The van der Waals surface area contributed by atoms with Crippen molar-refractivity contribution in [2.24, 2.45) is 4.99 Å². The Balaban J connectivity index is 1.96. The molecular weight excluding hydrogens is 429 g/mol. The van der Waals surface area contributed by atoms with Gasteiger partial charge in [-0.2, -0.15) is 0 Å². The highest BCUT2D eigenvalue weighted by molar-refractivity contribution is 9.10. The Morgan fingerprint density at radius 1 is 1.21 bits per heavy atom. The predicted octanol–water partition coefficient (Wildman–Crippen LogP) is 5.12. The zero-order valence-corrected chi connectivity index (χ0v) is 17.1. The molecule has 3 rings (SSSR count). The summed E-state index contributed by atoms with van der Waals surface area (Å²) in [5, 5.41) is 0. The molecule has 0 aromatic heterocycles. The monoisotopic (exact) mass is 447 g/mol. The molecule has 1 heterocycles. The molecule has 0 bridgehead atoms. The summed E-state index contributed by atoms with van der Waals surface area (Å²) in [6, 6.07) is 9.56. The SMILES string of the molecule is CCCOc1c(Br)cc(/C=C2/N=C(c3ccccc3F)OC2=O)cc1OCC. The second-order valence-corrected chi connectivity index (χ2v) is 6.78. The molecule has 5 nitrogen and oxygen atoms in total. The number of carbonyl (C=O) groups is 1. The fourth-order valence-electron chi connectivity index (χ4n) is 2.60. The van der Waals surface area contributed by atoms with Crippen LogP contribution in [-0.2, 0) is 9.53 Å². The number of benzene rings is 2. The first kappa shape index (κ1) is 20.1. The number of hydrogen-bond acceptors (Lipinski definition) is 5. The Bertz CT molecular complexity index is 955. The number of hydrogen-bond donors (Lipinski definition) is 0. The highest BCUT2D eigenvalue weighted by Crippen LogP contribution is 2.38. The van der Waals surface area contributed by atoms with Crippen molar-refractivity contribution in [3.63, 3.8) is 0 Å². The van der Waals surface area contributed by atoms with Crippen molar-refractivity contribution in [2.75, 3.05) is 13.2 Å². The molecule has 28 heavy (non-hydrogen) atoms. The van der Waals surface area contributed by atoms with Gasteiger partial charge in [-0.25, -0.2) is 14.2 Å². The number of halogens is 2. The Labute approximate surface area is 171 Å². The van der Waals surface area contributed by atoms with Gasteiger partial charge in [0.05, 0.1) is 23.2 Å². The van der Waals surface area contributed by atoms with Crippen LogP contribution in [0.15, 0.2) is 51.6 Å². The number of carbonyl (C=O) groups excluding carboxylic acids is 1. The van der Waals surface area contributed by atoms with Crippen molar-refractivity contribution in [3.8, 4) is 11.5 Å². The Kier molecular flexibility index (Phi) is 6.46. The maximum absolute atomic E-state index is 13.9. The van der Waals surface area contributed by atoms with Gasteiger partial charge in [-0.05, 0) is 65.2 Å². The Hall–Kier alpha value is -2.67. The van der Waals surface area contributed by atoms with Crippen LogP contribution in [0.2, 0.25) is 0 Å². The van der Waals surface area contributed by atoms with Gasteiger partial charge in [-0.3, -0.25) is 0 Å². The van der Waals surface area contributed by atoms with Crippen LogP contribution in [0.5, 0.6) is 11.5 Å². The van der Waals surface area contributed by atoms with Crippen molar-refractivity contribution in [1.29, 1.82) is 0 Å². The third kappa shape index (κ3) is 4.42. The summed E-state index contributed by atoms with van der Waals surface area (Å²) in [6.07, 6.45) is 2.43. The number of ether oxygens (including phenoxy) is 3. The molecule has 0 radical (unpaired) electrons. The lowest BCUT2D eigenvalue weighted by Crippen LogP contribution is -2.07. The first-order valence-electron chi connectivity index (χ1n) is 8.90. The topological polar surface area (TPSA) is 57.1 Å². The van der Waals surface area contributed by atoms with E-state index in [1.54, 1.807) is 30.3 Å². The van der Waals surface area contributed by atoms with Gasteiger partial charge in [0.2, 0.25) is 5.90 Å². The lowest BCUT2D eigenvalue weighted by molar-refractivity contribution is -0.129. The average molecular weight is 448 g/mol. The van der Waals surface area contributed by atoms with Crippen molar-refractivity contribution in [2.45, 2.75) is 20.3 Å². The number of rotatable bonds is 7. The molecule has 0 saturated carbocycles. The van der Waals surface area contributed by atoms with Crippen LogP contribution in [-0.4, -0.2) is 25.1 Å². The van der Waals surface area contributed by atoms with Gasteiger partial charge in [0, 0.05) is 0 Å². The Morgan fingerprint density at radius 2 is 2.00 bits per heavy atom. The van der Waals surface area contributed by atoms with Crippen LogP contribution in [0.1, 0.15) is 31.4 Å². The van der Waals surface area contributed by atoms with E-state index in [4.69, 9.17) is 14.2 Å². The first-order chi connectivity index (χ1) is 13.5. The lowest BCUT2D eigenvalue weighted by Gasteiger charge is -2.14. The third-order valence-electron chi connectivity index (χ3n) is 3.81. The summed E-state index contributed by atoms with van der Waals surface area (Å²) < 4.78 is 31.2. The molecule has 1 aliphatic heterocycles. The molecule has 1 aliphatic rings. The predicted molar refractivity (Wildman–Crippen MR) is 108 cm³/mol. The quantitative estimate of drug-likeness (QED) is 0.436. The van der Waals surface area contributed by atoms with Gasteiger partial charge in [-0.15, -0.1) is 0 Å². The molecule has 146 valence electrons. The summed E-state index contributed by atoms with van der Waals surface area (Å²) in [4.78, 5) is 16.3. The fraction of sp³-hybridized carbons (Fsp3) is 0.238. The second-order valence-electron chi connectivity index (χ2n) is 5.93. The van der Waals surface area contributed by atoms with Gasteiger partial charge < -0.3 is 14.2 Å². The molecular formula is C21H19BrFNO4. The van der Waals surface area contributed by atoms with Gasteiger partial charge in [0.25, 0.3) is 0 Å². The first-order valence-corrected chi connectivity index (χ1v) is 9.69. The molecule has 0 atom stereocenters. The summed E-state index contributed by atoms with van der Waals surface area (Å²) in [7, 11) is 0. The van der Waals surface area contributed by atoms with E-state index in [0.717, 1.165) is 6.42 Å². The molecule has 0 aliphatic carbocycles. The minimum absolute atomic E-state index is 0.0543. The third-order valence-corrected chi connectivity index (χ3v) is 4.40. The van der Waals surface area contributed by atoms with Crippen molar-refractivity contribution in [3.05, 3.63) is 63.5 Å². The van der Waals surface area contributed by atoms with E-state index < -0.39 is 11.8 Å². The molecule has 0 N–H and O–H groups in total. The van der Waals surface area contributed by atoms with Crippen LogP contribution in [0.25, 0.3) is 6.08 Å². The molecule has 0 unspecified atom stereocenters. The maximum atomic E-state index is 13.9. The highest BCUT2D eigenvalue weighted by Gasteiger charge is 2.26. The molecule has 0 saturated heterocycles. The summed E-state index contributed by atoms with van der Waals surface area (Å²) in [5.41, 5.74) is 0.887. The fourth-order valence-corrected chi connectivity index (χ4v) is 3.17. The van der Waals surface area contributed by atoms with Crippen LogP contribution in [0.3, 0.4) is 0 Å². The molecule has 0 spiro atoms. The van der Waals surface area contributed by atoms with Gasteiger partial charge in [0.1, 0.15) is 5.82 Å². The van der Waals surface area contributed by atoms with E-state index in [9.17, 15) is 9.18 Å². The highest BCUT2D eigenvalue weighted by atomic mass is 79.9. The van der Waals surface area contributed by atoms with E-state index in [2.05, 4.69) is 20.9 Å². The Morgan fingerprint density at radius 3 is 2.71 bits per heavy atom. The van der Waals surface area contributed by atoms with E-state index in [1.165, 1.54) is 12.1 Å². The number of esters is 1. The van der Waals surface area contributed by atoms with E-state index in [1.807, 2.05) is 13.8 Å². The molecule has 2 aromatic rings. The largest absolute Gasteiger partial charge is 0.490 e. The summed E-state index contributed by atoms with van der Waals surface area (Å²) in [5.74, 6) is -0.0358. The number of nitrogens with zero attached hydrogens (tertiary/aromatic N) is 1. The zero-order chi connectivity index (χ0) is 20.1.